The Bertz CT molecular complexity index is 2200. The van der Waals surface area contributed by atoms with Crippen LogP contribution in [0.2, 0.25) is 5.02 Å². The number of rotatable bonds is 9. The summed E-state index contributed by atoms with van der Waals surface area (Å²) in [7, 11) is 0. The molecule has 1 N–H and O–H groups in total. The van der Waals surface area contributed by atoms with Crippen LogP contribution < -0.4 is 24.6 Å². The number of anilines is 2. The highest BCUT2D eigenvalue weighted by Crippen LogP contribution is 2.50. The summed E-state index contributed by atoms with van der Waals surface area (Å²) in [6.45, 7) is 6.30. The topological polar surface area (TPSA) is 88.2 Å². The first kappa shape index (κ1) is 35.2. The molecule has 3 aliphatic heterocycles. The first-order chi connectivity index (χ1) is 26.3. The van der Waals surface area contributed by atoms with Crippen LogP contribution in [0.4, 0.5) is 16.2 Å². The third-order valence-corrected chi connectivity index (χ3v) is 10.8. The molecule has 8 nitrogen and oxygen atoms in total. The third kappa shape index (κ3) is 6.74. The molecule has 0 unspecified atom stereocenters. The Labute approximate surface area is 320 Å². The number of carbonyl (C=O) groups excluding carboxylic acids is 3. The molecule has 9 heteroatoms. The van der Waals surface area contributed by atoms with Crippen molar-refractivity contribution in [1.82, 2.24) is 5.32 Å². The first-order valence-electron chi connectivity index (χ1n) is 18.4. The molecule has 0 bridgehead atoms. The molecule has 54 heavy (non-hydrogen) atoms. The Morgan fingerprint density at radius 3 is 2.00 bits per heavy atom. The molecule has 0 aliphatic carbocycles. The van der Waals surface area contributed by atoms with Crippen LogP contribution in [0.5, 0.6) is 11.5 Å². The molecule has 4 amide bonds. The molecule has 272 valence electrons. The number of urea groups is 1. The van der Waals surface area contributed by atoms with Crippen molar-refractivity contribution in [1.29, 1.82) is 0 Å². The van der Waals surface area contributed by atoms with Crippen LogP contribution in [0.15, 0.2) is 115 Å². The van der Waals surface area contributed by atoms with E-state index in [1.807, 2.05) is 86.6 Å². The van der Waals surface area contributed by atoms with Crippen molar-refractivity contribution in [3.8, 4) is 11.5 Å². The van der Waals surface area contributed by atoms with Crippen LogP contribution in [0.3, 0.4) is 0 Å². The van der Waals surface area contributed by atoms with Gasteiger partial charge >= 0.3 is 6.03 Å². The average molecular weight is 738 g/mol. The van der Waals surface area contributed by atoms with E-state index in [0.29, 0.717) is 29.4 Å². The molecule has 5 aromatic carbocycles. The molecule has 0 radical (unpaired) electrons. The number of aryl methyl sites for hydroxylation is 1. The number of hydrogen-bond acceptors (Lipinski definition) is 6. The summed E-state index contributed by atoms with van der Waals surface area (Å²) in [4.78, 5) is 45.0. The molecule has 5 aromatic rings. The SMILES string of the molecule is CCOc1cc(/C=C2\C(=O)NC(=O)N(c3cc4c5c(c3)[C@H](c3ccccc3)CCN5CC[C@H]4c3ccccc3)C2=O)cc(Cl)c1OCc1ccc(C)cc1. The average Bonchev–Trinajstić information content (AvgIpc) is 3.18. The largest absolute Gasteiger partial charge is 0.490 e. The number of barbiturate groups is 1. The summed E-state index contributed by atoms with van der Waals surface area (Å²) in [6.07, 6.45) is 3.24. The van der Waals surface area contributed by atoms with Crippen molar-refractivity contribution >= 4 is 46.9 Å². The number of hydrogen-bond donors (Lipinski definition) is 1. The maximum absolute atomic E-state index is 14.4. The van der Waals surface area contributed by atoms with Crippen molar-refractivity contribution in [3.63, 3.8) is 0 Å². The maximum atomic E-state index is 14.4. The van der Waals surface area contributed by atoms with Gasteiger partial charge in [0.05, 0.1) is 17.3 Å². The van der Waals surface area contributed by atoms with Crippen molar-refractivity contribution in [3.05, 3.63) is 159 Å². The fourth-order valence-electron chi connectivity index (χ4n) is 7.94. The van der Waals surface area contributed by atoms with Gasteiger partial charge in [-0.15, -0.1) is 0 Å². The molecular weight excluding hydrogens is 698 g/mol. The van der Waals surface area contributed by atoms with Gasteiger partial charge in [0.25, 0.3) is 11.8 Å². The predicted octanol–water partition coefficient (Wildman–Crippen LogP) is 9.17. The molecule has 0 aromatic heterocycles. The lowest BCUT2D eigenvalue weighted by Gasteiger charge is -2.44. The lowest BCUT2D eigenvalue weighted by molar-refractivity contribution is -0.122. The van der Waals surface area contributed by atoms with Gasteiger partial charge in [-0.3, -0.25) is 14.9 Å². The van der Waals surface area contributed by atoms with Gasteiger partial charge in [-0.1, -0.05) is 102 Å². The van der Waals surface area contributed by atoms with E-state index in [1.54, 1.807) is 12.1 Å². The predicted molar refractivity (Wildman–Crippen MR) is 212 cm³/mol. The van der Waals surface area contributed by atoms with Crippen molar-refractivity contribution in [2.24, 2.45) is 0 Å². The Morgan fingerprint density at radius 1 is 0.796 bits per heavy atom. The Morgan fingerprint density at radius 2 is 1.41 bits per heavy atom. The fraction of sp³-hybridized carbons (Fsp3) is 0.222. The minimum atomic E-state index is -0.793. The van der Waals surface area contributed by atoms with E-state index < -0.39 is 17.8 Å². The van der Waals surface area contributed by atoms with Crippen LogP contribution in [0.25, 0.3) is 6.08 Å². The number of carbonyl (C=O) groups is 3. The molecule has 0 saturated carbocycles. The highest BCUT2D eigenvalue weighted by molar-refractivity contribution is 6.39. The van der Waals surface area contributed by atoms with E-state index in [2.05, 4.69) is 34.5 Å². The fourth-order valence-corrected chi connectivity index (χ4v) is 8.22. The van der Waals surface area contributed by atoms with Crippen LogP contribution in [0.1, 0.15) is 70.5 Å². The number of imide groups is 2. The van der Waals surface area contributed by atoms with Gasteiger partial charge in [0.2, 0.25) is 0 Å². The third-order valence-electron chi connectivity index (χ3n) is 10.5. The minimum absolute atomic E-state index is 0.0659. The van der Waals surface area contributed by atoms with Gasteiger partial charge in [0.1, 0.15) is 12.2 Å². The molecule has 2 atom stereocenters. The zero-order chi connectivity index (χ0) is 37.3. The number of halogens is 1. The van der Waals surface area contributed by atoms with E-state index in [9.17, 15) is 14.4 Å². The van der Waals surface area contributed by atoms with Gasteiger partial charge in [-0.25, -0.2) is 9.69 Å². The number of nitrogens with zero attached hydrogens (tertiary/aromatic N) is 2. The second-order valence-electron chi connectivity index (χ2n) is 14.0. The summed E-state index contributed by atoms with van der Waals surface area (Å²) in [5.41, 5.74) is 8.43. The lowest BCUT2D eigenvalue weighted by Crippen LogP contribution is -2.54. The minimum Gasteiger partial charge on any atom is -0.490 e. The standard InChI is InChI=1S/C45H40ClN3O5/c1-3-53-40-24-30(23-39(46)42(40)54-27-29-16-14-28(2)15-17-29)22-38-43(50)47-45(52)49(44(38)51)33-25-36-34(31-10-6-4-7-11-31)18-20-48-21-19-35(37(26-33)41(36)48)32-12-8-5-9-13-32/h4-17,22-26,34-35H,3,18-21,27H2,1-2H3,(H,47,50,52)/b38-22+/t34-,35-/m0/s1. The van der Waals surface area contributed by atoms with E-state index in [4.69, 9.17) is 21.1 Å². The van der Waals surface area contributed by atoms with Crippen molar-refractivity contribution in [2.45, 2.75) is 45.1 Å². The lowest BCUT2D eigenvalue weighted by atomic mass is 9.76. The molecular formula is C45H40ClN3O5. The number of ether oxygens (including phenoxy) is 2. The summed E-state index contributed by atoms with van der Waals surface area (Å²) >= 11 is 6.76. The molecule has 1 fully saturated rings. The van der Waals surface area contributed by atoms with Crippen molar-refractivity contribution in [2.75, 3.05) is 29.5 Å². The highest BCUT2D eigenvalue weighted by atomic mass is 35.5. The smallest absolute Gasteiger partial charge is 0.335 e. The number of benzene rings is 5. The van der Waals surface area contributed by atoms with E-state index >= 15 is 0 Å². The summed E-state index contributed by atoms with van der Waals surface area (Å²) in [5, 5.41) is 2.68. The van der Waals surface area contributed by atoms with Gasteiger partial charge in [-0.2, -0.15) is 0 Å². The molecule has 3 heterocycles. The molecule has 0 spiro atoms. The second kappa shape index (κ2) is 14.9. The van der Waals surface area contributed by atoms with Gasteiger partial charge in [-0.05, 0) is 90.4 Å². The highest BCUT2D eigenvalue weighted by Gasteiger charge is 2.40. The van der Waals surface area contributed by atoms with Gasteiger partial charge in [0, 0.05) is 30.6 Å². The number of amides is 4. The van der Waals surface area contributed by atoms with E-state index in [-0.39, 0.29) is 29.0 Å². The van der Waals surface area contributed by atoms with Gasteiger partial charge < -0.3 is 14.4 Å². The van der Waals surface area contributed by atoms with E-state index in [1.165, 1.54) is 22.9 Å². The zero-order valence-electron chi connectivity index (χ0n) is 30.2. The Balaban J connectivity index is 1.19. The summed E-state index contributed by atoms with van der Waals surface area (Å²) in [5.74, 6) is -0.647. The van der Waals surface area contributed by atoms with Crippen LogP contribution in [-0.4, -0.2) is 37.5 Å². The molecule has 3 aliphatic rings. The first-order valence-corrected chi connectivity index (χ1v) is 18.8. The van der Waals surface area contributed by atoms with Crippen LogP contribution in [-0.2, 0) is 16.2 Å². The van der Waals surface area contributed by atoms with Crippen molar-refractivity contribution < 1.29 is 23.9 Å². The van der Waals surface area contributed by atoms with Gasteiger partial charge in [0.15, 0.2) is 11.5 Å². The molecule has 1 saturated heterocycles. The normalized spacial score (nSPS) is 18.7. The summed E-state index contributed by atoms with van der Waals surface area (Å²) in [6, 6.07) is 35.2. The Hall–Kier alpha value is -5.86. The Kier molecular flexibility index (Phi) is 9.69. The maximum Gasteiger partial charge on any atom is 0.335 e. The van der Waals surface area contributed by atoms with E-state index in [0.717, 1.165) is 53.1 Å². The van der Waals surface area contributed by atoms with Crippen LogP contribution in [0, 0.1) is 6.92 Å². The zero-order valence-corrected chi connectivity index (χ0v) is 30.9. The quantitative estimate of drug-likeness (QED) is 0.120. The van der Waals surface area contributed by atoms with Crippen LogP contribution >= 0.6 is 11.6 Å². The second-order valence-corrected chi connectivity index (χ2v) is 14.4. The summed E-state index contributed by atoms with van der Waals surface area (Å²) < 4.78 is 12.0. The number of nitrogens with one attached hydrogen (secondary N) is 1. The monoisotopic (exact) mass is 737 g/mol. The molecule has 8 rings (SSSR count).